The van der Waals surface area contributed by atoms with Crippen molar-refractivity contribution >= 4 is 11.6 Å². The Hall–Kier alpha value is -1.65. The van der Waals surface area contributed by atoms with Gasteiger partial charge in [-0.1, -0.05) is 31.2 Å². The molecule has 1 N–H and O–H groups in total. The minimum absolute atomic E-state index is 0.0294. The van der Waals surface area contributed by atoms with Crippen LogP contribution in [0.15, 0.2) is 36.4 Å². The third-order valence-electron chi connectivity index (χ3n) is 4.07. The van der Waals surface area contributed by atoms with Gasteiger partial charge in [-0.05, 0) is 30.5 Å². The van der Waals surface area contributed by atoms with Gasteiger partial charge in [0.1, 0.15) is 0 Å². The van der Waals surface area contributed by atoms with Crippen molar-refractivity contribution in [1.29, 1.82) is 0 Å². The summed E-state index contributed by atoms with van der Waals surface area (Å²) in [5.74, 6) is 0.423. The zero-order valence-corrected chi connectivity index (χ0v) is 13.4. The lowest BCUT2D eigenvalue weighted by atomic mass is 9.96. The summed E-state index contributed by atoms with van der Waals surface area (Å²) >= 11 is 0. The molecule has 1 aliphatic rings. The average Bonchev–Trinajstić information content (AvgIpc) is 2.95. The number of ether oxygens (including phenoxy) is 1. The van der Waals surface area contributed by atoms with Crippen LogP contribution in [0.25, 0.3) is 0 Å². The lowest BCUT2D eigenvalue weighted by Crippen LogP contribution is -2.23. The van der Waals surface area contributed by atoms with Gasteiger partial charge in [-0.3, -0.25) is 4.79 Å². The fraction of sp³-hybridized carbons (Fsp3) is 0.500. The first-order valence-electron chi connectivity index (χ1n) is 7.88. The highest BCUT2D eigenvalue weighted by Crippen LogP contribution is 2.29. The summed E-state index contributed by atoms with van der Waals surface area (Å²) in [4.78, 5) is 13.6. The summed E-state index contributed by atoms with van der Waals surface area (Å²) in [5.41, 5.74) is 2.06. The van der Waals surface area contributed by atoms with Crippen LogP contribution in [-0.4, -0.2) is 31.3 Å². The van der Waals surface area contributed by atoms with E-state index in [-0.39, 0.29) is 24.5 Å². The molecule has 1 amide bonds. The number of benzene rings is 1. The van der Waals surface area contributed by atoms with Crippen LogP contribution in [0, 0.1) is 5.92 Å². The van der Waals surface area contributed by atoms with E-state index in [0.29, 0.717) is 12.8 Å². The number of aliphatic hydroxyl groups is 1. The SMILES string of the molecule is CO[C@@H](c1ccc(N2CCCC2=O)cc1)[C@@H](C)/C=C/CCO. The van der Waals surface area contributed by atoms with Crippen molar-refractivity contribution in [2.24, 2.45) is 5.92 Å². The van der Waals surface area contributed by atoms with Crippen molar-refractivity contribution in [3.05, 3.63) is 42.0 Å². The second-order valence-electron chi connectivity index (χ2n) is 5.70. The largest absolute Gasteiger partial charge is 0.396 e. The van der Waals surface area contributed by atoms with Gasteiger partial charge in [0.2, 0.25) is 5.91 Å². The highest BCUT2D eigenvalue weighted by atomic mass is 16.5. The van der Waals surface area contributed by atoms with Crippen molar-refractivity contribution in [2.45, 2.75) is 32.3 Å². The molecule has 4 heteroatoms. The van der Waals surface area contributed by atoms with Gasteiger partial charge in [0.05, 0.1) is 6.10 Å². The topological polar surface area (TPSA) is 49.8 Å². The van der Waals surface area contributed by atoms with Crippen molar-refractivity contribution in [3.63, 3.8) is 0 Å². The van der Waals surface area contributed by atoms with Crippen molar-refractivity contribution in [1.82, 2.24) is 0 Å². The molecule has 0 bridgehead atoms. The number of carbonyl (C=O) groups excluding carboxylic acids is 1. The summed E-state index contributed by atoms with van der Waals surface area (Å²) in [7, 11) is 1.71. The molecule has 1 saturated heterocycles. The van der Waals surface area contributed by atoms with E-state index in [2.05, 4.69) is 13.0 Å². The van der Waals surface area contributed by atoms with E-state index in [1.54, 1.807) is 7.11 Å². The number of carbonyl (C=O) groups is 1. The maximum absolute atomic E-state index is 11.8. The Bertz CT molecular complexity index is 510. The van der Waals surface area contributed by atoms with Gasteiger partial charge in [0.25, 0.3) is 0 Å². The number of hydrogen-bond donors (Lipinski definition) is 1. The van der Waals surface area contributed by atoms with Gasteiger partial charge in [-0.25, -0.2) is 0 Å². The number of amides is 1. The molecule has 1 aromatic carbocycles. The van der Waals surface area contributed by atoms with E-state index in [1.165, 1.54) is 0 Å². The van der Waals surface area contributed by atoms with Gasteiger partial charge in [0.15, 0.2) is 0 Å². The summed E-state index contributed by atoms with van der Waals surface area (Å²) in [6, 6.07) is 8.06. The van der Waals surface area contributed by atoms with Crippen molar-refractivity contribution < 1.29 is 14.6 Å². The minimum Gasteiger partial charge on any atom is -0.396 e. The van der Waals surface area contributed by atoms with Gasteiger partial charge < -0.3 is 14.7 Å². The molecule has 2 atom stereocenters. The highest BCUT2D eigenvalue weighted by molar-refractivity contribution is 5.95. The molecule has 0 aliphatic carbocycles. The van der Waals surface area contributed by atoms with Crippen LogP contribution in [0.3, 0.4) is 0 Å². The third-order valence-corrected chi connectivity index (χ3v) is 4.07. The zero-order valence-electron chi connectivity index (χ0n) is 13.4. The molecule has 1 heterocycles. The van der Waals surface area contributed by atoms with Crippen LogP contribution < -0.4 is 4.90 Å². The Kier molecular flexibility index (Phi) is 6.16. The van der Waals surface area contributed by atoms with Crippen LogP contribution in [0.5, 0.6) is 0 Å². The molecule has 4 nitrogen and oxygen atoms in total. The lowest BCUT2D eigenvalue weighted by Gasteiger charge is -2.22. The Balaban J connectivity index is 2.08. The normalized spacial score (nSPS) is 18.1. The summed E-state index contributed by atoms with van der Waals surface area (Å²) in [5, 5.41) is 8.83. The minimum atomic E-state index is -0.0294. The molecule has 1 aliphatic heterocycles. The molecule has 0 saturated carbocycles. The Labute approximate surface area is 132 Å². The smallest absolute Gasteiger partial charge is 0.227 e. The first-order valence-corrected chi connectivity index (χ1v) is 7.88. The fourth-order valence-corrected chi connectivity index (χ4v) is 2.91. The standard InChI is InChI=1S/C18H25NO3/c1-14(6-3-4-13-20)18(22-2)15-8-10-16(11-9-15)19-12-5-7-17(19)21/h3,6,8-11,14,18,20H,4-5,7,12-13H2,1-2H3/b6-3+/t14-,18+/m0/s1. The van der Waals surface area contributed by atoms with Crippen molar-refractivity contribution in [3.8, 4) is 0 Å². The fourth-order valence-electron chi connectivity index (χ4n) is 2.91. The number of nitrogens with zero attached hydrogens (tertiary/aromatic N) is 1. The molecule has 1 fully saturated rings. The third kappa shape index (κ3) is 3.96. The molecule has 0 spiro atoms. The lowest BCUT2D eigenvalue weighted by molar-refractivity contribution is -0.117. The quantitative estimate of drug-likeness (QED) is 0.788. The molecule has 0 radical (unpaired) electrons. The molecular formula is C18H25NO3. The van der Waals surface area contributed by atoms with Crippen LogP contribution in [0.1, 0.15) is 37.9 Å². The molecular weight excluding hydrogens is 278 g/mol. The first kappa shape index (κ1) is 16.7. The average molecular weight is 303 g/mol. The molecule has 0 aromatic heterocycles. The molecule has 120 valence electrons. The van der Waals surface area contributed by atoms with Crippen LogP contribution in [0.4, 0.5) is 5.69 Å². The van der Waals surface area contributed by atoms with Gasteiger partial charge in [-0.15, -0.1) is 0 Å². The maximum Gasteiger partial charge on any atom is 0.227 e. The van der Waals surface area contributed by atoms with Crippen LogP contribution in [0.2, 0.25) is 0 Å². The highest BCUT2D eigenvalue weighted by Gasteiger charge is 2.22. The van der Waals surface area contributed by atoms with Gasteiger partial charge in [0, 0.05) is 38.3 Å². The number of hydrogen-bond acceptors (Lipinski definition) is 3. The predicted molar refractivity (Wildman–Crippen MR) is 87.8 cm³/mol. The second-order valence-corrected chi connectivity index (χ2v) is 5.70. The number of aliphatic hydroxyl groups excluding tert-OH is 1. The first-order chi connectivity index (χ1) is 10.7. The molecule has 0 unspecified atom stereocenters. The molecule has 2 rings (SSSR count). The second kappa shape index (κ2) is 8.11. The summed E-state index contributed by atoms with van der Waals surface area (Å²) in [6.07, 6.45) is 6.27. The predicted octanol–water partition coefficient (Wildman–Crippen LogP) is 3.08. The Morgan fingerprint density at radius 1 is 1.36 bits per heavy atom. The van der Waals surface area contributed by atoms with Crippen LogP contribution >= 0.6 is 0 Å². The van der Waals surface area contributed by atoms with E-state index < -0.39 is 0 Å². The number of methoxy groups -OCH3 is 1. The molecule has 22 heavy (non-hydrogen) atoms. The molecule has 1 aromatic rings. The monoisotopic (exact) mass is 303 g/mol. The van der Waals surface area contributed by atoms with Gasteiger partial charge >= 0.3 is 0 Å². The van der Waals surface area contributed by atoms with Gasteiger partial charge in [-0.2, -0.15) is 0 Å². The summed E-state index contributed by atoms with van der Waals surface area (Å²) < 4.78 is 5.62. The van der Waals surface area contributed by atoms with E-state index in [9.17, 15) is 4.79 Å². The maximum atomic E-state index is 11.8. The number of anilines is 1. The van der Waals surface area contributed by atoms with Crippen molar-refractivity contribution in [2.75, 3.05) is 25.2 Å². The number of rotatable bonds is 7. The van der Waals surface area contributed by atoms with E-state index >= 15 is 0 Å². The van der Waals surface area contributed by atoms with E-state index in [4.69, 9.17) is 9.84 Å². The Morgan fingerprint density at radius 2 is 2.09 bits per heavy atom. The summed E-state index contributed by atoms with van der Waals surface area (Å²) in [6.45, 7) is 3.07. The van der Waals surface area contributed by atoms with E-state index in [1.807, 2.05) is 35.2 Å². The van der Waals surface area contributed by atoms with Crippen LogP contribution in [-0.2, 0) is 9.53 Å². The van der Waals surface area contributed by atoms with E-state index in [0.717, 1.165) is 24.2 Å². The Morgan fingerprint density at radius 3 is 2.64 bits per heavy atom. The zero-order chi connectivity index (χ0) is 15.9.